The highest BCUT2D eigenvalue weighted by Crippen LogP contribution is 2.18. The quantitative estimate of drug-likeness (QED) is 0.0783. The van der Waals surface area contributed by atoms with E-state index < -0.39 is 0 Å². The Kier molecular flexibility index (Phi) is 17.4. The van der Waals surface area contributed by atoms with Gasteiger partial charge in [0.2, 0.25) is 0 Å². The summed E-state index contributed by atoms with van der Waals surface area (Å²) in [5.74, 6) is 0.717. The van der Waals surface area contributed by atoms with Gasteiger partial charge in [-0.2, -0.15) is 0 Å². The van der Waals surface area contributed by atoms with Crippen LogP contribution in [0.3, 0.4) is 0 Å². The van der Waals surface area contributed by atoms with Crippen LogP contribution in [-0.4, -0.2) is 43.8 Å². The number of quaternary nitrogens is 1. The second-order valence-corrected chi connectivity index (χ2v) is 12.2. The largest absolute Gasteiger partial charge is 0.487 e. The van der Waals surface area contributed by atoms with E-state index in [1.807, 2.05) is 6.07 Å². The maximum Gasteiger partial charge on any atom is 0.306 e. The molecule has 40 heavy (non-hydrogen) atoms. The number of ether oxygens (including phenoxy) is 2. The summed E-state index contributed by atoms with van der Waals surface area (Å²) < 4.78 is 12.6. The first-order valence-corrected chi connectivity index (χ1v) is 16.2. The summed E-state index contributed by atoms with van der Waals surface area (Å²) in [5, 5.41) is 0. The Bertz CT molecular complexity index is 894. The number of esters is 1. The standard InChI is InChI=1S/C36H58NO3/c1-5-7-8-9-10-11-12-13-14-15-17-21-32-25-27-35(28-26-32)40-34(6-2)31-39-36(38)24-20-29-37(3,4)30-33-22-18-16-19-23-33/h16,18-19,22-23,25-28,34H,5-15,17,20-21,24,29-31H2,1-4H3/q+1. The van der Waals surface area contributed by atoms with Crippen LogP contribution in [0.1, 0.15) is 115 Å². The van der Waals surface area contributed by atoms with Crippen LogP contribution >= 0.6 is 0 Å². The summed E-state index contributed by atoms with van der Waals surface area (Å²) in [7, 11) is 4.42. The molecule has 224 valence electrons. The van der Waals surface area contributed by atoms with E-state index in [1.54, 1.807) is 0 Å². The summed E-state index contributed by atoms with van der Waals surface area (Å²) in [4.78, 5) is 12.4. The number of nitrogens with zero attached hydrogens (tertiary/aromatic N) is 1. The molecule has 2 rings (SSSR count). The number of benzene rings is 2. The van der Waals surface area contributed by atoms with E-state index >= 15 is 0 Å². The fraction of sp³-hybridized carbons (Fsp3) is 0.639. The van der Waals surface area contributed by atoms with Crippen molar-refractivity contribution in [1.82, 2.24) is 0 Å². The highest BCUT2D eigenvalue weighted by atomic mass is 16.6. The van der Waals surface area contributed by atoms with E-state index in [4.69, 9.17) is 9.47 Å². The van der Waals surface area contributed by atoms with Crippen molar-refractivity contribution < 1.29 is 18.8 Å². The van der Waals surface area contributed by atoms with Crippen molar-refractivity contribution in [2.75, 3.05) is 27.2 Å². The van der Waals surface area contributed by atoms with Gasteiger partial charge < -0.3 is 14.0 Å². The van der Waals surface area contributed by atoms with E-state index in [1.165, 1.54) is 81.8 Å². The molecule has 2 aromatic carbocycles. The molecular formula is C36H58NO3+. The van der Waals surface area contributed by atoms with Crippen LogP contribution in [0.25, 0.3) is 0 Å². The number of hydrogen-bond acceptors (Lipinski definition) is 3. The maximum absolute atomic E-state index is 12.4. The average molecular weight is 553 g/mol. The number of carbonyl (C=O) groups excluding carboxylic acids is 1. The van der Waals surface area contributed by atoms with Gasteiger partial charge in [0.15, 0.2) is 0 Å². The van der Waals surface area contributed by atoms with Gasteiger partial charge in [-0.1, -0.05) is 121 Å². The molecule has 4 nitrogen and oxygen atoms in total. The number of rotatable bonds is 23. The first-order valence-electron chi connectivity index (χ1n) is 16.2. The Labute approximate surface area is 246 Å². The van der Waals surface area contributed by atoms with Crippen LogP contribution < -0.4 is 4.74 Å². The van der Waals surface area contributed by atoms with Gasteiger partial charge in [-0.05, 0) is 37.0 Å². The van der Waals surface area contributed by atoms with E-state index in [2.05, 4.69) is 76.5 Å². The van der Waals surface area contributed by atoms with Crippen LogP contribution in [0, 0.1) is 0 Å². The molecule has 0 fully saturated rings. The Morgan fingerprint density at radius 3 is 1.93 bits per heavy atom. The van der Waals surface area contributed by atoms with Gasteiger partial charge in [0.1, 0.15) is 25.0 Å². The molecule has 4 heteroatoms. The lowest BCUT2D eigenvalue weighted by molar-refractivity contribution is -0.903. The van der Waals surface area contributed by atoms with Crippen molar-refractivity contribution >= 4 is 5.97 Å². The normalized spacial score (nSPS) is 12.3. The van der Waals surface area contributed by atoms with Gasteiger partial charge in [0.05, 0.1) is 27.1 Å². The number of carbonyl (C=O) groups is 1. The molecule has 0 aliphatic heterocycles. The summed E-state index contributed by atoms with van der Waals surface area (Å²) in [6.07, 6.45) is 18.2. The van der Waals surface area contributed by atoms with Crippen molar-refractivity contribution in [2.45, 2.75) is 123 Å². The molecule has 0 aromatic heterocycles. The van der Waals surface area contributed by atoms with Gasteiger partial charge in [-0.25, -0.2) is 0 Å². The second-order valence-electron chi connectivity index (χ2n) is 12.2. The van der Waals surface area contributed by atoms with E-state index in [9.17, 15) is 4.79 Å². The number of hydrogen-bond donors (Lipinski definition) is 0. The second kappa shape index (κ2) is 20.5. The number of unbranched alkanes of at least 4 members (excludes halogenated alkanes) is 10. The highest BCUT2D eigenvalue weighted by molar-refractivity contribution is 5.69. The smallest absolute Gasteiger partial charge is 0.306 e. The summed E-state index contributed by atoms with van der Waals surface area (Å²) in [5.41, 5.74) is 2.69. The lowest BCUT2D eigenvalue weighted by Gasteiger charge is -2.29. The first-order chi connectivity index (χ1) is 19.4. The molecule has 1 unspecified atom stereocenters. The maximum atomic E-state index is 12.4. The Hall–Kier alpha value is -2.33. The molecule has 0 N–H and O–H groups in total. The predicted molar refractivity (Wildman–Crippen MR) is 169 cm³/mol. The molecule has 1 atom stereocenters. The molecule has 0 bridgehead atoms. The lowest BCUT2D eigenvalue weighted by atomic mass is 10.0. The lowest BCUT2D eigenvalue weighted by Crippen LogP contribution is -2.39. The van der Waals surface area contributed by atoms with Crippen LogP contribution in [-0.2, 0) is 22.5 Å². The van der Waals surface area contributed by atoms with Crippen molar-refractivity contribution in [2.24, 2.45) is 0 Å². The third-order valence-corrected chi connectivity index (χ3v) is 7.78. The average Bonchev–Trinajstić information content (AvgIpc) is 2.95. The van der Waals surface area contributed by atoms with Crippen molar-refractivity contribution in [3.8, 4) is 5.75 Å². The van der Waals surface area contributed by atoms with Gasteiger partial charge in [-0.15, -0.1) is 0 Å². The minimum Gasteiger partial charge on any atom is -0.487 e. The van der Waals surface area contributed by atoms with Gasteiger partial charge in [0, 0.05) is 12.0 Å². The van der Waals surface area contributed by atoms with E-state index in [0.717, 1.165) is 42.6 Å². The van der Waals surface area contributed by atoms with Crippen LogP contribution in [0.2, 0.25) is 0 Å². The predicted octanol–water partition coefficient (Wildman–Crippen LogP) is 9.30. The molecule has 0 spiro atoms. The molecular weight excluding hydrogens is 494 g/mol. The van der Waals surface area contributed by atoms with Crippen LogP contribution in [0.5, 0.6) is 5.75 Å². The van der Waals surface area contributed by atoms with Gasteiger partial charge in [-0.3, -0.25) is 4.79 Å². The molecule has 0 heterocycles. The van der Waals surface area contributed by atoms with Crippen molar-refractivity contribution in [3.05, 3.63) is 65.7 Å². The van der Waals surface area contributed by atoms with Crippen LogP contribution in [0.15, 0.2) is 54.6 Å². The zero-order valence-electron chi connectivity index (χ0n) is 26.2. The van der Waals surface area contributed by atoms with Crippen molar-refractivity contribution in [1.29, 1.82) is 0 Å². The molecule has 2 aromatic rings. The summed E-state index contributed by atoms with van der Waals surface area (Å²) >= 11 is 0. The molecule has 0 saturated carbocycles. The first kappa shape index (κ1) is 33.9. The minimum absolute atomic E-state index is 0.119. The van der Waals surface area contributed by atoms with Gasteiger partial charge in [0.25, 0.3) is 0 Å². The molecule has 0 aliphatic rings. The topological polar surface area (TPSA) is 35.5 Å². The number of aryl methyl sites for hydroxylation is 1. The zero-order valence-corrected chi connectivity index (χ0v) is 26.2. The summed E-state index contributed by atoms with van der Waals surface area (Å²) in [6, 6.07) is 19.0. The SMILES string of the molecule is CCCCCCCCCCCCCc1ccc(OC(CC)COC(=O)CCC[N+](C)(C)Cc2ccccc2)cc1. The van der Waals surface area contributed by atoms with Crippen LogP contribution in [0.4, 0.5) is 0 Å². The zero-order chi connectivity index (χ0) is 28.9. The van der Waals surface area contributed by atoms with E-state index in [0.29, 0.717) is 13.0 Å². The minimum atomic E-state index is -0.135. The molecule has 0 radical (unpaired) electrons. The fourth-order valence-corrected chi connectivity index (χ4v) is 5.22. The third kappa shape index (κ3) is 16.1. The Balaban J connectivity index is 1.56. The summed E-state index contributed by atoms with van der Waals surface area (Å²) in [6.45, 7) is 6.55. The molecule has 0 aliphatic carbocycles. The fourth-order valence-electron chi connectivity index (χ4n) is 5.22. The molecule has 0 amide bonds. The Morgan fingerprint density at radius 2 is 1.32 bits per heavy atom. The third-order valence-electron chi connectivity index (χ3n) is 7.78. The molecule has 0 saturated heterocycles. The monoisotopic (exact) mass is 552 g/mol. The van der Waals surface area contributed by atoms with E-state index in [-0.39, 0.29) is 12.1 Å². The van der Waals surface area contributed by atoms with Crippen molar-refractivity contribution in [3.63, 3.8) is 0 Å². The highest BCUT2D eigenvalue weighted by Gasteiger charge is 2.17. The Morgan fingerprint density at radius 1 is 0.725 bits per heavy atom. The van der Waals surface area contributed by atoms with Gasteiger partial charge >= 0.3 is 5.97 Å².